The third-order valence-electron chi connectivity index (χ3n) is 5.33. The molecule has 118 valence electrons. The Balaban J connectivity index is 1.95. The van der Waals surface area contributed by atoms with Crippen molar-refractivity contribution >= 4 is 0 Å². The molecule has 0 aromatic carbocycles. The van der Waals surface area contributed by atoms with Gasteiger partial charge in [-0.1, -0.05) is 12.2 Å². The molecule has 0 spiro atoms. The van der Waals surface area contributed by atoms with E-state index in [1.165, 1.54) is 0 Å². The maximum Gasteiger partial charge on any atom is 0.310 e. The van der Waals surface area contributed by atoms with E-state index in [0.717, 1.165) is 0 Å². The minimum absolute atomic E-state index is 0.000972. The van der Waals surface area contributed by atoms with Crippen LogP contribution in [0.2, 0.25) is 0 Å². The second-order valence-electron chi connectivity index (χ2n) is 6.08. The number of nitrogens with zero attached hydrogens (tertiary/aromatic N) is 5. The first-order valence-corrected chi connectivity index (χ1v) is 7.09. The molecular weight excluding hydrogens is 310 g/mol. The molecule has 4 aliphatic rings. The Labute approximate surface area is 127 Å². The van der Waals surface area contributed by atoms with Gasteiger partial charge in [-0.05, 0) is 28.6 Å². The van der Waals surface area contributed by atoms with Gasteiger partial charge in [0.05, 0.1) is 11.1 Å². The van der Waals surface area contributed by atoms with Crippen molar-refractivity contribution in [2.45, 2.75) is 24.3 Å². The minimum Gasteiger partial charge on any atom is -0.359 e. The number of allylic oxidation sites excluding steroid dienone is 1. The van der Waals surface area contributed by atoms with Crippen molar-refractivity contribution in [3.05, 3.63) is 44.1 Å². The van der Waals surface area contributed by atoms with Gasteiger partial charge in [-0.3, -0.25) is 19.4 Å². The molecule has 1 saturated carbocycles. The molecule has 2 aromatic heterocycles. The number of hydrogen-bond acceptors (Lipinski definition) is 8. The molecule has 11 nitrogen and oxygen atoms in total. The molecular formula is C12H9N5O6. The van der Waals surface area contributed by atoms with Crippen molar-refractivity contribution in [3.8, 4) is 11.4 Å². The van der Waals surface area contributed by atoms with Crippen molar-refractivity contribution in [2.75, 3.05) is 0 Å². The lowest BCUT2D eigenvalue weighted by molar-refractivity contribution is -0.811. The van der Waals surface area contributed by atoms with Crippen LogP contribution in [0.25, 0.3) is 11.4 Å². The molecule has 2 aromatic rings. The Morgan fingerprint density at radius 1 is 1.22 bits per heavy atom. The largest absolute Gasteiger partial charge is 0.359 e. The quantitative estimate of drug-likeness (QED) is 0.302. The SMILES string of the molecule is O=[N+]([O-])[C@]12c3no[n+]([O-])c3-c3no[n+]([O-])c3[C@H]1[C@H]1C=C[C@@H]2CC1. The van der Waals surface area contributed by atoms with Gasteiger partial charge in [-0.25, -0.2) is 0 Å². The normalized spacial score (nSPS) is 33.1. The fourth-order valence-electron chi connectivity index (χ4n) is 4.50. The van der Waals surface area contributed by atoms with Crippen LogP contribution in [0.5, 0.6) is 0 Å². The van der Waals surface area contributed by atoms with E-state index in [1.807, 2.05) is 6.08 Å². The molecule has 4 atom stereocenters. The average molecular weight is 319 g/mol. The Morgan fingerprint density at radius 3 is 2.70 bits per heavy atom. The number of aromatic nitrogens is 4. The third-order valence-corrected chi connectivity index (χ3v) is 5.33. The molecule has 0 radical (unpaired) electrons. The predicted molar refractivity (Wildman–Crippen MR) is 66.7 cm³/mol. The molecule has 0 aliphatic heterocycles. The van der Waals surface area contributed by atoms with Gasteiger partial charge in [-0.15, -0.1) is 0 Å². The summed E-state index contributed by atoms with van der Waals surface area (Å²) < 4.78 is 9.23. The molecule has 1 fully saturated rings. The van der Waals surface area contributed by atoms with E-state index in [4.69, 9.17) is 0 Å². The van der Waals surface area contributed by atoms with Gasteiger partial charge >= 0.3 is 11.2 Å². The Kier molecular flexibility index (Phi) is 2.00. The predicted octanol–water partition coefficient (Wildman–Crippen LogP) is -0.238. The van der Waals surface area contributed by atoms with Crippen molar-refractivity contribution < 1.29 is 24.0 Å². The maximum atomic E-state index is 12.1. The highest BCUT2D eigenvalue weighted by Gasteiger charge is 2.74. The minimum atomic E-state index is -1.71. The van der Waals surface area contributed by atoms with Gasteiger partial charge in [0.1, 0.15) is 5.92 Å². The highest BCUT2D eigenvalue weighted by Crippen LogP contribution is 2.61. The highest BCUT2D eigenvalue weighted by molar-refractivity contribution is 5.63. The summed E-state index contributed by atoms with van der Waals surface area (Å²) in [6, 6.07) is 0. The van der Waals surface area contributed by atoms with Crippen molar-refractivity contribution in [1.29, 1.82) is 0 Å². The van der Waals surface area contributed by atoms with E-state index in [0.29, 0.717) is 12.8 Å². The second kappa shape index (κ2) is 3.67. The highest BCUT2D eigenvalue weighted by atomic mass is 16.8. The van der Waals surface area contributed by atoms with E-state index < -0.39 is 22.3 Å². The van der Waals surface area contributed by atoms with Crippen LogP contribution >= 0.6 is 0 Å². The van der Waals surface area contributed by atoms with Gasteiger partial charge in [0.25, 0.3) is 11.4 Å². The lowest BCUT2D eigenvalue weighted by Gasteiger charge is -2.45. The van der Waals surface area contributed by atoms with Crippen molar-refractivity contribution in [1.82, 2.24) is 10.3 Å². The summed E-state index contributed by atoms with van der Waals surface area (Å²) in [5.41, 5.74) is -2.04. The average Bonchev–Trinajstić information content (AvgIpc) is 3.12. The van der Waals surface area contributed by atoms with Crippen LogP contribution in [-0.4, -0.2) is 15.2 Å². The molecule has 0 saturated heterocycles. The van der Waals surface area contributed by atoms with Crippen LogP contribution in [0.1, 0.15) is 30.1 Å². The zero-order chi connectivity index (χ0) is 15.9. The Bertz CT molecular complexity index is 887. The molecule has 2 bridgehead atoms. The lowest BCUT2D eigenvalue weighted by Crippen LogP contribution is -2.58. The summed E-state index contributed by atoms with van der Waals surface area (Å²) >= 11 is 0. The smallest absolute Gasteiger partial charge is 0.310 e. The van der Waals surface area contributed by atoms with Crippen LogP contribution in [0.4, 0.5) is 0 Å². The van der Waals surface area contributed by atoms with E-state index >= 15 is 0 Å². The molecule has 6 rings (SSSR count). The second-order valence-corrected chi connectivity index (χ2v) is 6.08. The molecule has 0 unspecified atom stereocenters. The third kappa shape index (κ3) is 1.16. The zero-order valence-electron chi connectivity index (χ0n) is 11.5. The van der Waals surface area contributed by atoms with Gasteiger partial charge in [-0.2, -0.15) is 0 Å². The van der Waals surface area contributed by atoms with Crippen LogP contribution in [0.15, 0.2) is 21.4 Å². The van der Waals surface area contributed by atoms with E-state index in [1.54, 1.807) is 6.08 Å². The topological polar surface area (TPSA) is 149 Å². The number of fused-ring (bicyclic) bond motifs is 4. The summed E-state index contributed by atoms with van der Waals surface area (Å²) in [4.78, 5) is 11.9. The summed E-state index contributed by atoms with van der Waals surface area (Å²) in [5, 5.41) is 43.4. The van der Waals surface area contributed by atoms with E-state index in [-0.39, 0.29) is 38.5 Å². The molecule has 23 heavy (non-hydrogen) atoms. The fraction of sp³-hybridized carbons (Fsp3) is 0.500. The molecule has 0 amide bonds. The first-order chi connectivity index (χ1) is 11.1. The summed E-state index contributed by atoms with van der Waals surface area (Å²) in [6.45, 7) is 0. The number of rotatable bonds is 1. The lowest BCUT2D eigenvalue weighted by atomic mass is 9.53. The van der Waals surface area contributed by atoms with E-state index in [9.17, 15) is 20.5 Å². The van der Waals surface area contributed by atoms with Crippen molar-refractivity contribution in [3.63, 3.8) is 0 Å². The molecule has 11 heteroatoms. The summed E-state index contributed by atoms with van der Waals surface area (Å²) in [6.07, 6.45) is 4.93. The van der Waals surface area contributed by atoms with Crippen LogP contribution in [-0.2, 0) is 5.54 Å². The maximum absolute atomic E-state index is 12.1. The molecule has 2 heterocycles. The monoisotopic (exact) mass is 319 g/mol. The van der Waals surface area contributed by atoms with Crippen LogP contribution in [0.3, 0.4) is 0 Å². The first-order valence-electron chi connectivity index (χ1n) is 7.09. The molecule has 0 N–H and O–H groups in total. The zero-order valence-corrected chi connectivity index (χ0v) is 11.5. The Morgan fingerprint density at radius 2 is 2.00 bits per heavy atom. The van der Waals surface area contributed by atoms with Crippen LogP contribution in [0, 0.1) is 32.4 Å². The van der Waals surface area contributed by atoms with Gasteiger partial charge in [0.2, 0.25) is 5.69 Å². The summed E-state index contributed by atoms with van der Waals surface area (Å²) in [5.74, 6) is -1.51. The standard InChI is InChI=1S/C12H9N5O6/c18-15-9-7-5-1-3-6(4-2-5)12(7,17(20)21)11-10(8(9)13-22-15)16(19)23-14-11/h1,3,5-7H,2,4H2/t5-,6+,7+,12-/m0/s1. The number of nitro groups is 1. The van der Waals surface area contributed by atoms with Gasteiger partial charge in [0, 0.05) is 10.1 Å². The number of hydrogen-bond donors (Lipinski definition) is 0. The molecule has 4 aliphatic carbocycles. The summed E-state index contributed by atoms with van der Waals surface area (Å²) in [7, 11) is 0. The van der Waals surface area contributed by atoms with Crippen LogP contribution < -0.4 is 9.81 Å². The Hall–Kier alpha value is -2.98. The van der Waals surface area contributed by atoms with Gasteiger partial charge < -0.3 is 10.4 Å². The van der Waals surface area contributed by atoms with Gasteiger partial charge in [0.15, 0.2) is 0 Å². The first kappa shape index (κ1) is 12.6. The van der Waals surface area contributed by atoms with Crippen molar-refractivity contribution in [2.24, 2.45) is 11.8 Å². The van der Waals surface area contributed by atoms with E-state index in [2.05, 4.69) is 19.6 Å². The fourth-order valence-corrected chi connectivity index (χ4v) is 4.50.